The molecule has 3 aliphatic carbocycles. The summed E-state index contributed by atoms with van der Waals surface area (Å²) in [5.41, 5.74) is 4.34. The van der Waals surface area contributed by atoms with Crippen LogP contribution in [0.5, 0.6) is 0 Å². The van der Waals surface area contributed by atoms with Gasteiger partial charge in [0.05, 0.1) is 7.11 Å². The highest BCUT2D eigenvalue weighted by Crippen LogP contribution is 2.66. The number of carbonyl (C=O) groups excluding carboxylic acids is 1. The minimum atomic E-state index is -0.724. The Morgan fingerprint density at radius 2 is 1.94 bits per heavy atom. The Morgan fingerprint density at radius 3 is 2.58 bits per heavy atom. The molecule has 2 saturated carbocycles. The molecule has 0 aromatic heterocycles. The Hall–Kier alpha value is -1.56. The standard InChI is InChI=1S/C27H46N2O4/c1-18(8-7-9-24(30)29(4)5)20-11-12-21-19-10-13-23(28-33-6)27(3,17-15-25(31)32)22(19)14-16-26(20,21)2/h13,18-22,28H,7-12,14-17H2,1-6H3,(H,31,32)/t18-,19+,20-,21+,22+,26-,27-/m1/s1. The van der Waals surface area contributed by atoms with Crippen LogP contribution in [-0.2, 0) is 14.4 Å². The molecule has 0 saturated heterocycles. The van der Waals surface area contributed by atoms with Crippen LogP contribution < -0.4 is 5.48 Å². The molecule has 0 unspecified atom stereocenters. The van der Waals surface area contributed by atoms with Gasteiger partial charge in [-0.05, 0) is 86.4 Å². The number of rotatable bonds is 10. The van der Waals surface area contributed by atoms with Crippen LogP contribution in [0.2, 0.25) is 0 Å². The zero-order chi connectivity index (χ0) is 24.4. The van der Waals surface area contributed by atoms with E-state index >= 15 is 0 Å². The van der Waals surface area contributed by atoms with Crippen LogP contribution in [-0.4, -0.2) is 43.1 Å². The molecular weight excluding hydrogens is 416 g/mol. The molecule has 3 aliphatic rings. The number of carboxylic acid groups (broad SMARTS) is 1. The zero-order valence-corrected chi connectivity index (χ0v) is 21.7. The number of hydrogen-bond acceptors (Lipinski definition) is 4. The summed E-state index contributed by atoms with van der Waals surface area (Å²) in [6, 6.07) is 0. The minimum absolute atomic E-state index is 0.186. The molecule has 2 N–H and O–H groups in total. The van der Waals surface area contributed by atoms with Gasteiger partial charge in [0.2, 0.25) is 5.91 Å². The van der Waals surface area contributed by atoms with Crippen molar-refractivity contribution in [3.8, 4) is 0 Å². The van der Waals surface area contributed by atoms with Gasteiger partial charge in [-0.2, -0.15) is 0 Å². The topological polar surface area (TPSA) is 78.9 Å². The van der Waals surface area contributed by atoms with Crippen molar-refractivity contribution in [2.24, 2.45) is 40.4 Å². The Bertz CT molecular complexity index is 750. The number of carbonyl (C=O) groups is 2. The minimum Gasteiger partial charge on any atom is -0.481 e. The highest BCUT2D eigenvalue weighted by molar-refractivity contribution is 5.75. The van der Waals surface area contributed by atoms with Crippen molar-refractivity contribution in [3.63, 3.8) is 0 Å². The van der Waals surface area contributed by atoms with Gasteiger partial charge in [-0.25, -0.2) is 0 Å². The molecule has 0 aliphatic heterocycles. The number of carboxylic acids is 1. The first-order valence-corrected chi connectivity index (χ1v) is 13.0. The lowest BCUT2D eigenvalue weighted by Crippen LogP contribution is -2.51. The van der Waals surface area contributed by atoms with Gasteiger partial charge < -0.3 is 10.0 Å². The lowest BCUT2D eigenvalue weighted by molar-refractivity contribution is -0.138. The summed E-state index contributed by atoms with van der Waals surface area (Å²) in [5, 5.41) is 9.40. The highest BCUT2D eigenvalue weighted by Gasteiger charge is 2.58. The van der Waals surface area contributed by atoms with Crippen molar-refractivity contribution in [2.45, 2.75) is 85.0 Å². The molecule has 6 heteroatoms. The van der Waals surface area contributed by atoms with E-state index in [0.29, 0.717) is 47.8 Å². The summed E-state index contributed by atoms with van der Waals surface area (Å²) in [5.74, 6) is 2.64. The van der Waals surface area contributed by atoms with E-state index in [1.54, 1.807) is 12.0 Å². The Labute approximate surface area is 200 Å². The fraction of sp³-hybridized carbons (Fsp3) is 0.852. The van der Waals surface area contributed by atoms with E-state index in [2.05, 4.69) is 32.3 Å². The van der Waals surface area contributed by atoms with E-state index in [9.17, 15) is 14.7 Å². The smallest absolute Gasteiger partial charge is 0.303 e. The molecule has 1 amide bonds. The third kappa shape index (κ3) is 5.11. The van der Waals surface area contributed by atoms with Gasteiger partial charge in [-0.3, -0.25) is 19.9 Å². The number of nitrogens with one attached hydrogen (secondary N) is 1. The number of aliphatic carboxylic acids is 1. The fourth-order valence-corrected chi connectivity index (χ4v) is 8.02. The summed E-state index contributed by atoms with van der Waals surface area (Å²) in [4.78, 5) is 30.4. The third-order valence-electron chi connectivity index (χ3n) is 9.84. The molecule has 0 spiro atoms. The molecule has 0 heterocycles. The van der Waals surface area contributed by atoms with Crippen molar-refractivity contribution in [3.05, 3.63) is 11.8 Å². The maximum Gasteiger partial charge on any atom is 0.303 e. The van der Waals surface area contributed by atoms with Crippen molar-refractivity contribution in [2.75, 3.05) is 21.2 Å². The van der Waals surface area contributed by atoms with E-state index in [1.807, 2.05) is 14.1 Å². The predicted molar refractivity (Wildman–Crippen MR) is 130 cm³/mol. The van der Waals surface area contributed by atoms with Crippen molar-refractivity contribution < 1.29 is 19.5 Å². The maximum atomic E-state index is 12.0. The molecule has 0 bridgehead atoms. The fourth-order valence-electron chi connectivity index (χ4n) is 8.02. The van der Waals surface area contributed by atoms with Crippen LogP contribution >= 0.6 is 0 Å². The maximum absolute atomic E-state index is 12.0. The first-order chi connectivity index (χ1) is 15.5. The predicted octanol–water partition coefficient (Wildman–Crippen LogP) is 5.25. The van der Waals surface area contributed by atoms with Crippen molar-refractivity contribution >= 4 is 11.9 Å². The van der Waals surface area contributed by atoms with E-state index in [1.165, 1.54) is 19.3 Å². The number of nitrogens with zero attached hydrogens (tertiary/aromatic N) is 1. The first kappa shape index (κ1) is 26.1. The van der Waals surface area contributed by atoms with E-state index in [4.69, 9.17) is 4.84 Å². The van der Waals surface area contributed by atoms with Gasteiger partial charge in [0.15, 0.2) is 0 Å². The number of hydroxylamine groups is 1. The van der Waals surface area contributed by atoms with Crippen LogP contribution in [0.1, 0.15) is 85.0 Å². The lowest BCUT2D eigenvalue weighted by atomic mass is 9.49. The summed E-state index contributed by atoms with van der Waals surface area (Å²) < 4.78 is 0. The van der Waals surface area contributed by atoms with Crippen LogP contribution in [0, 0.1) is 40.4 Å². The number of amides is 1. The monoisotopic (exact) mass is 462 g/mol. The normalized spacial score (nSPS) is 36.4. The van der Waals surface area contributed by atoms with Crippen molar-refractivity contribution in [1.29, 1.82) is 0 Å². The summed E-state index contributed by atoms with van der Waals surface area (Å²) >= 11 is 0. The molecule has 188 valence electrons. The van der Waals surface area contributed by atoms with E-state index < -0.39 is 5.97 Å². The van der Waals surface area contributed by atoms with E-state index in [-0.39, 0.29) is 17.7 Å². The number of allylic oxidation sites excluding steroid dienone is 2. The van der Waals surface area contributed by atoms with Crippen LogP contribution in [0.4, 0.5) is 0 Å². The van der Waals surface area contributed by atoms with Crippen LogP contribution in [0.25, 0.3) is 0 Å². The molecule has 0 aromatic rings. The van der Waals surface area contributed by atoms with Gasteiger partial charge in [0.25, 0.3) is 0 Å². The van der Waals surface area contributed by atoms with Crippen molar-refractivity contribution in [1.82, 2.24) is 10.4 Å². The second kappa shape index (κ2) is 10.4. The second-order valence-corrected chi connectivity index (χ2v) is 11.7. The van der Waals surface area contributed by atoms with Crippen LogP contribution in [0.3, 0.4) is 0 Å². The summed E-state index contributed by atoms with van der Waals surface area (Å²) in [6.07, 6.45) is 11.9. The van der Waals surface area contributed by atoms with Gasteiger partial charge in [-0.1, -0.05) is 26.8 Å². The van der Waals surface area contributed by atoms with Gasteiger partial charge in [0.1, 0.15) is 0 Å². The summed E-state index contributed by atoms with van der Waals surface area (Å²) in [7, 11) is 5.31. The zero-order valence-electron chi connectivity index (χ0n) is 21.7. The average Bonchev–Trinajstić information content (AvgIpc) is 3.11. The largest absolute Gasteiger partial charge is 0.481 e. The highest BCUT2D eigenvalue weighted by atomic mass is 16.6. The van der Waals surface area contributed by atoms with Crippen LogP contribution in [0.15, 0.2) is 11.8 Å². The lowest BCUT2D eigenvalue weighted by Gasteiger charge is -2.56. The average molecular weight is 463 g/mol. The Balaban J connectivity index is 1.74. The Morgan fingerprint density at radius 1 is 1.21 bits per heavy atom. The number of fused-ring (bicyclic) bond motifs is 3. The Kier molecular flexibility index (Phi) is 8.19. The molecule has 0 aromatic carbocycles. The molecule has 0 radical (unpaired) electrons. The molecule has 3 rings (SSSR count). The molecule has 6 nitrogen and oxygen atoms in total. The quantitative estimate of drug-likeness (QED) is 0.434. The van der Waals surface area contributed by atoms with Gasteiger partial charge >= 0.3 is 5.97 Å². The third-order valence-corrected chi connectivity index (χ3v) is 9.84. The first-order valence-electron chi connectivity index (χ1n) is 13.0. The van der Waals surface area contributed by atoms with E-state index in [0.717, 1.165) is 31.4 Å². The number of hydrogen-bond donors (Lipinski definition) is 2. The molecular formula is C27H46N2O4. The second-order valence-electron chi connectivity index (χ2n) is 11.7. The molecule has 7 atom stereocenters. The summed E-state index contributed by atoms with van der Waals surface area (Å²) in [6.45, 7) is 7.20. The van der Waals surface area contributed by atoms with Gasteiger partial charge in [0, 0.05) is 38.0 Å². The SMILES string of the molecule is CONC1=CC[C@H]2[C@@H]3CC[C@H]([C@H](C)CCCC(=O)N(C)C)[C@@]3(C)CC[C@@H]2[C@@]1(C)CCC(=O)O. The molecule has 33 heavy (non-hydrogen) atoms. The van der Waals surface area contributed by atoms with Gasteiger partial charge in [-0.15, -0.1) is 0 Å². The molecule has 2 fully saturated rings.